The second kappa shape index (κ2) is 6.53. The molecule has 0 aromatic rings. The van der Waals surface area contributed by atoms with Gasteiger partial charge in [-0.15, -0.1) is 0 Å². The highest BCUT2D eigenvalue weighted by Gasteiger charge is 2.49. The minimum Gasteiger partial charge on any atom is -0.329 e. The highest BCUT2D eigenvalue weighted by atomic mass is 15.3. The van der Waals surface area contributed by atoms with Gasteiger partial charge in [0.1, 0.15) is 0 Å². The van der Waals surface area contributed by atoms with Crippen LogP contribution in [-0.4, -0.2) is 78.6 Å². The largest absolute Gasteiger partial charge is 0.329 e. The summed E-state index contributed by atoms with van der Waals surface area (Å²) in [6, 6.07) is 1.46. The first-order valence-electron chi connectivity index (χ1n) is 9.10. The van der Waals surface area contributed by atoms with E-state index in [0.717, 1.165) is 12.6 Å². The lowest BCUT2D eigenvalue weighted by molar-refractivity contribution is 0.0402. The van der Waals surface area contributed by atoms with E-state index in [1.165, 1.54) is 71.2 Å². The Morgan fingerprint density at radius 2 is 2.00 bits per heavy atom. The van der Waals surface area contributed by atoms with E-state index in [4.69, 9.17) is 5.73 Å². The lowest BCUT2D eigenvalue weighted by Crippen LogP contribution is -2.62. The van der Waals surface area contributed by atoms with Gasteiger partial charge in [-0.1, -0.05) is 13.3 Å². The molecule has 3 aliphatic rings. The van der Waals surface area contributed by atoms with Crippen LogP contribution in [-0.2, 0) is 0 Å². The van der Waals surface area contributed by atoms with Crippen LogP contribution >= 0.6 is 0 Å². The van der Waals surface area contributed by atoms with E-state index in [0.29, 0.717) is 6.04 Å². The smallest absolute Gasteiger partial charge is 0.0496 e. The average Bonchev–Trinajstić information content (AvgIpc) is 3.11. The van der Waals surface area contributed by atoms with E-state index in [1.807, 2.05) is 0 Å². The zero-order valence-corrected chi connectivity index (χ0v) is 14.1. The highest BCUT2D eigenvalue weighted by molar-refractivity contribution is 5.08. The van der Waals surface area contributed by atoms with Gasteiger partial charge >= 0.3 is 0 Å². The lowest BCUT2D eigenvalue weighted by Gasteiger charge is -2.47. The highest BCUT2D eigenvalue weighted by Crippen LogP contribution is 2.38. The minimum absolute atomic E-state index is 0.239. The minimum atomic E-state index is 0.239. The Kier molecular flexibility index (Phi) is 4.89. The van der Waals surface area contributed by atoms with Crippen molar-refractivity contribution in [3.05, 3.63) is 0 Å². The molecule has 0 amide bonds. The topological polar surface area (TPSA) is 35.7 Å². The molecule has 2 N–H and O–H groups in total. The molecule has 0 spiro atoms. The Morgan fingerprint density at radius 1 is 1.14 bits per heavy atom. The third kappa shape index (κ3) is 2.76. The van der Waals surface area contributed by atoms with Gasteiger partial charge in [0.15, 0.2) is 0 Å². The van der Waals surface area contributed by atoms with Gasteiger partial charge in [-0.3, -0.25) is 14.7 Å². The molecule has 0 bridgehead atoms. The van der Waals surface area contributed by atoms with Crippen molar-refractivity contribution in [3.63, 3.8) is 0 Å². The molecule has 0 aliphatic carbocycles. The summed E-state index contributed by atoms with van der Waals surface area (Å²) in [5, 5.41) is 0. The van der Waals surface area contributed by atoms with Gasteiger partial charge in [0.25, 0.3) is 0 Å². The van der Waals surface area contributed by atoms with Crippen LogP contribution in [0.5, 0.6) is 0 Å². The van der Waals surface area contributed by atoms with E-state index < -0.39 is 0 Å². The van der Waals surface area contributed by atoms with Crippen molar-refractivity contribution in [1.82, 2.24) is 14.7 Å². The van der Waals surface area contributed by atoms with Gasteiger partial charge in [0, 0.05) is 37.3 Å². The fourth-order valence-corrected chi connectivity index (χ4v) is 5.23. The molecule has 0 saturated carbocycles. The Bertz CT molecular complexity index is 348. The van der Waals surface area contributed by atoms with Gasteiger partial charge in [-0.25, -0.2) is 0 Å². The molecule has 3 heterocycles. The number of nitrogens with two attached hydrogens (primary N) is 1. The quantitative estimate of drug-likeness (QED) is 0.830. The number of likely N-dealkylation sites (tertiary alicyclic amines) is 1. The van der Waals surface area contributed by atoms with E-state index in [1.54, 1.807) is 0 Å². The normalized spacial score (nSPS) is 38.3. The fraction of sp³-hybridized carbons (Fsp3) is 1.00. The molecule has 122 valence electrons. The second-order valence-electron chi connectivity index (χ2n) is 7.41. The first-order chi connectivity index (χ1) is 10.2. The lowest BCUT2D eigenvalue weighted by atomic mass is 9.83. The predicted octanol–water partition coefficient (Wildman–Crippen LogP) is 1.36. The zero-order valence-electron chi connectivity index (χ0n) is 14.1. The second-order valence-corrected chi connectivity index (χ2v) is 7.41. The summed E-state index contributed by atoms with van der Waals surface area (Å²) in [6.45, 7) is 9.37. The number of piperidine rings is 1. The monoisotopic (exact) mass is 294 g/mol. The van der Waals surface area contributed by atoms with Crippen molar-refractivity contribution >= 4 is 0 Å². The summed E-state index contributed by atoms with van der Waals surface area (Å²) in [5.41, 5.74) is 6.57. The zero-order chi connectivity index (χ0) is 14.9. The first-order valence-corrected chi connectivity index (χ1v) is 9.10. The van der Waals surface area contributed by atoms with Crippen molar-refractivity contribution in [2.75, 3.05) is 46.3 Å². The number of hydrogen-bond donors (Lipinski definition) is 1. The van der Waals surface area contributed by atoms with E-state index in [-0.39, 0.29) is 5.54 Å². The molecule has 0 aromatic carbocycles. The molecule has 4 heteroatoms. The van der Waals surface area contributed by atoms with Crippen LogP contribution < -0.4 is 5.73 Å². The SMILES string of the molecule is CCN1CCCC1CN(C)C1(CN)CCN2CCCCC21. The van der Waals surface area contributed by atoms with Crippen LogP contribution in [0.4, 0.5) is 0 Å². The third-order valence-electron chi connectivity index (χ3n) is 6.57. The van der Waals surface area contributed by atoms with Gasteiger partial charge in [-0.05, 0) is 58.8 Å². The standard InChI is InChI=1S/C17H34N4/c1-3-20-11-6-7-15(20)13-19(2)17(14-18)9-12-21-10-5-4-8-16(17)21/h15-16H,3-14,18H2,1-2H3. The van der Waals surface area contributed by atoms with Gasteiger partial charge in [-0.2, -0.15) is 0 Å². The average molecular weight is 294 g/mol. The Hall–Kier alpha value is -0.160. The van der Waals surface area contributed by atoms with Gasteiger partial charge in [0.2, 0.25) is 0 Å². The predicted molar refractivity (Wildman–Crippen MR) is 88.5 cm³/mol. The molecule has 3 fully saturated rings. The van der Waals surface area contributed by atoms with Crippen LogP contribution in [0.15, 0.2) is 0 Å². The summed E-state index contributed by atoms with van der Waals surface area (Å²) in [7, 11) is 2.34. The molecule has 0 radical (unpaired) electrons. The summed E-state index contributed by atoms with van der Waals surface area (Å²) in [5.74, 6) is 0. The molecule has 3 rings (SSSR count). The van der Waals surface area contributed by atoms with Crippen molar-refractivity contribution in [2.45, 2.75) is 63.1 Å². The van der Waals surface area contributed by atoms with Crippen molar-refractivity contribution in [1.29, 1.82) is 0 Å². The maximum atomic E-state index is 6.34. The summed E-state index contributed by atoms with van der Waals surface area (Å²) < 4.78 is 0. The molecule has 3 unspecified atom stereocenters. The molecular formula is C17H34N4. The molecule has 3 aliphatic heterocycles. The van der Waals surface area contributed by atoms with Crippen LogP contribution in [0, 0.1) is 0 Å². The van der Waals surface area contributed by atoms with E-state index in [2.05, 4.69) is 28.7 Å². The van der Waals surface area contributed by atoms with Crippen LogP contribution in [0.1, 0.15) is 45.4 Å². The summed E-state index contributed by atoms with van der Waals surface area (Å²) >= 11 is 0. The molecule has 21 heavy (non-hydrogen) atoms. The Balaban J connectivity index is 1.70. The van der Waals surface area contributed by atoms with Crippen molar-refractivity contribution in [2.24, 2.45) is 5.73 Å². The molecule has 3 atom stereocenters. The number of nitrogens with zero attached hydrogens (tertiary/aromatic N) is 3. The maximum Gasteiger partial charge on any atom is 0.0496 e. The van der Waals surface area contributed by atoms with Gasteiger partial charge < -0.3 is 5.73 Å². The van der Waals surface area contributed by atoms with Gasteiger partial charge in [0.05, 0.1) is 0 Å². The maximum absolute atomic E-state index is 6.34. The number of fused-ring (bicyclic) bond motifs is 1. The number of rotatable bonds is 5. The van der Waals surface area contributed by atoms with E-state index in [9.17, 15) is 0 Å². The van der Waals surface area contributed by atoms with Crippen molar-refractivity contribution < 1.29 is 0 Å². The Labute approximate surface area is 130 Å². The molecule has 0 aromatic heterocycles. The van der Waals surface area contributed by atoms with Crippen LogP contribution in [0.2, 0.25) is 0 Å². The number of hydrogen-bond acceptors (Lipinski definition) is 4. The third-order valence-corrected chi connectivity index (χ3v) is 6.57. The Morgan fingerprint density at radius 3 is 2.76 bits per heavy atom. The first kappa shape index (κ1) is 15.7. The fourth-order valence-electron chi connectivity index (χ4n) is 5.23. The van der Waals surface area contributed by atoms with Crippen LogP contribution in [0.3, 0.4) is 0 Å². The summed E-state index contributed by atoms with van der Waals surface area (Å²) in [6.07, 6.45) is 8.13. The van der Waals surface area contributed by atoms with Crippen molar-refractivity contribution in [3.8, 4) is 0 Å². The molecule has 3 saturated heterocycles. The number of likely N-dealkylation sites (N-methyl/N-ethyl adjacent to an activating group) is 2. The summed E-state index contributed by atoms with van der Waals surface area (Å²) in [4.78, 5) is 8.04. The molecular weight excluding hydrogens is 260 g/mol. The van der Waals surface area contributed by atoms with E-state index >= 15 is 0 Å². The van der Waals surface area contributed by atoms with Crippen LogP contribution in [0.25, 0.3) is 0 Å². The molecule has 4 nitrogen and oxygen atoms in total.